The third kappa shape index (κ3) is 2.81. The van der Waals surface area contributed by atoms with Gasteiger partial charge in [-0.25, -0.2) is 0 Å². The van der Waals surface area contributed by atoms with E-state index in [9.17, 15) is 8.78 Å². The Morgan fingerprint density at radius 3 is 2.25 bits per heavy atom. The lowest BCUT2D eigenvalue weighted by Gasteiger charge is -2.00. The molecule has 1 rings (SSSR count). The molecule has 0 saturated heterocycles. The minimum absolute atomic E-state index is 0.584. The van der Waals surface area contributed by atoms with Gasteiger partial charge in [0.25, 0.3) is 5.76 Å². The van der Waals surface area contributed by atoms with E-state index in [0.29, 0.717) is 16.7 Å². The summed E-state index contributed by atoms with van der Waals surface area (Å²) in [7, 11) is 0. The van der Waals surface area contributed by atoms with Gasteiger partial charge in [0.15, 0.2) is 0 Å². The van der Waals surface area contributed by atoms with E-state index in [1.165, 1.54) is 5.56 Å². The van der Waals surface area contributed by atoms with Crippen molar-refractivity contribution in [3.63, 3.8) is 0 Å². The first kappa shape index (κ1) is 9.52. The van der Waals surface area contributed by atoms with Crippen molar-refractivity contribution in [1.29, 1.82) is 0 Å². The number of alkyl halides is 2. The van der Waals surface area contributed by atoms with Crippen molar-refractivity contribution in [1.82, 2.24) is 0 Å². The third-order valence-corrected chi connectivity index (χ3v) is 2.28. The van der Waals surface area contributed by atoms with E-state index < -0.39 is 5.76 Å². The van der Waals surface area contributed by atoms with Crippen LogP contribution in [0.3, 0.4) is 0 Å². The molecule has 0 heterocycles. The van der Waals surface area contributed by atoms with Crippen molar-refractivity contribution < 1.29 is 8.78 Å². The second-order valence-corrected chi connectivity index (χ2v) is 3.44. The predicted octanol–water partition coefficient (Wildman–Crippen LogP) is 3.56. The van der Waals surface area contributed by atoms with Gasteiger partial charge >= 0.3 is 0 Å². The van der Waals surface area contributed by atoms with Gasteiger partial charge in [0.2, 0.25) is 0 Å². The first-order valence-electron chi connectivity index (χ1n) is 3.76. The summed E-state index contributed by atoms with van der Waals surface area (Å²) in [6.07, 6.45) is 0.944. The van der Waals surface area contributed by atoms with Gasteiger partial charge in [0.05, 0.1) is 0 Å². The van der Waals surface area contributed by atoms with E-state index in [-0.39, 0.29) is 0 Å². The molecule has 0 unspecified atom stereocenters. The molecule has 66 valence electrons. The Labute approximate surface area is 75.0 Å². The zero-order valence-corrected chi connectivity index (χ0v) is 7.57. The Morgan fingerprint density at radius 2 is 1.83 bits per heavy atom. The van der Waals surface area contributed by atoms with E-state index >= 15 is 0 Å². The molecule has 0 radical (unpaired) electrons. The molecule has 0 aromatic heterocycles. The van der Waals surface area contributed by atoms with Gasteiger partial charge in [-0.2, -0.15) is 8.78 Å². The van der Waals surface area contributed by atoms with Crippen LogP contribution in [0.2, 0.25) is 0 Å². The quantitative estimate of drug-likeness (QED) is 0.653. The lowest BCUT2D eigenvalue weighted by atomic mass is 10.2. The van der Waals surface area contributed by atoms with Crippen LogP contribution in [0.5, 0.6) is 0 Å². The van der Waals surface area contributed by atoms with Crippen LogP contribution in [-0.2, 0) is 6.42 Å². The van der Waals surface area contributed by atoms with Crippen LogP contribution >= 0.6 is 11.8 Å². The number of halogens is 2. The summed E-state index contributed by atoms with van der Waals surface area (Å²) in [5, 5.41) is 0. The summed E-state index contributed by atoms with van der Waals surface area (Å²) in [4.78, 5) is 0.627. The summed E-state index contributed by atoms with van der Waals surface area (Å²) in [6, 6.07) is 7.22. The fourth-order valence-corrected chi connectivity index (χ4v) is 1.41. The maximum absolute atomic E-state index is 11.9. The predicted molar refractivity (Wildman–Crippen MR) is 47.7 cm³/mol. The minimum atomic E-state index is -2.32. The SMILES string of the molecule is CCc1ccc(SC(F)F)cc1. The second kappa shape index (κ2) is 4.45. The summed E-state index contributed by atoms with van der Waals surface area (Å²) >= 11 is 0.584. The summed E-state index contributed by atoms with van der Waals surface area (Å²) in [6.45, 7) is 2.04. The molecule has 1 aromatic carbocycles. The maximum atomic E-state index is 11.9. The maximum Gasteiger partial charge on any atom is 0.288 e. The molecular weight excluding hydrogens is 178 g/mol. The molecule has 3 heteroatoms. The molecule has 0 atom stereocenters. The number of rotatable bonds is 3. The molecule has 0 aliphatic heterocycles. The fourth-order valence-electron chi connectivity index (χ4n) is 0.907. The van der Waals surface area contributed by atoms with E-state index in [4.69, 9.17) is 0 Å². The molecular formula is C9H10F2S. The molecule has 0 amide bonds. The van der Waals surface area contributed by atoms with Crippen LogP contribution in [0.15, 0.2) is 29.2 Å². The molecule has 0 spiro atoms. The van der Waals surface area contributed by atoms with E-state index in [1.807, 2.05) is 19.1 Å². The zero-order valence-electron chi connectivity index (χ0n) is 6.76. The highest BCUT2D eigenvalue weighted by atomic mass is 32.2. The van der Waals surface area contributed by atoms with Crippen LogP contribution < -0.4 is 0 Å². The highest BCUT2D eigenvalue weighted by molar-refractivity contribution is 7.99. The fraction of sp³-hybridized carbons (Fsp3) is 0.333. The van der Waals surface area contributed by atoms with Crippen molar-refractivity contribution in [3.05, 3.63) is 29.8 Å². The smallest absolute Gasteiger partial charge is 0.198 e. The van der Waals surface area contributed by atoms with Crippen LogP contribution in [0.25, 0.3) is 0 Å². The van der Waals surface area contributed by atoms with Crippen molar-refractivity contribution >= 4 is 11.8 Å². The molecule has 0 saturated carbocycles. The lowest BCUT2D eigenvalue weighted by molar-refractivity contribution is 0.252. The third-order valence-electron chi connectivity index (χ3n) is 1.56. The van der Waals surface area contributed by atoms with Crippen LogP contribution in [0.4, 0.5) is 8.78 Å². The van der Waals surface area contributed by atoms with Crippen molar-refractivity contribution in [2.24, 2.45) is 0 Å². The average molecular weight is 188 g/mol. The summed E-state index contributed by atoms with van der Waals surface area (Å²) < 4.78 is 23.7. The van der Waals surface area contributed by atoms with Gasteiger partial charge < -0.3 is 0 Å². The topological polar surface area (TPSA) is 0 Å². The first-order valence-corrected chi connectivity index (χ1v) is 4.64. The van der Waals surface area contributed by atoms with E-state index in [2.05, 4.69) is 0 Å². The highest BCUT2D eigenvalue weighted by Crippen LogP contribution is 2.24. The molecule has 0 nitrogen and oxygen atoms in total. The van der Waals surface area contributed by atoms with Crippen LogP contribution in [-0.4, -0.2) is 5.76 Å². The number of thioether (sulfide) groups is 1. The molecule has 0 fully saturated rings. The summed E-state index contributed by atoms with van der Waals surface area (Å²) in [5.74, 6) is -2.32. The minimum Gasteiger partial charge on any atom is -0.198 e. The molecule has 1 aromatic rings. The Bertz CT molecular complexity index is 231. The molecule has 0 N–H and O–H groups in total. The standard InChI is InChI=1S/C9H10F2S/c1-2-7-3-5-8(6-4-7)12-9(10)11/h3-6,9H,2H2,1H3. The molecule has 0 aliphatic rings. The molecule has 0 bridgehead atoms. The van der Waals surface area contributed by atoms with Crippen molar-refractivity contribution in [2.45, 2.75) is 24.0 Å². The molecule has 12 heavy (non-hydrogen) atoms. The van der Waals surface area contributed by atoms with Crippen molar-refractivity contribution in [2.75, 3.05) is 0 Å². The van der Waals surface area contributed by atoms with Crippen molar-refractivity contribution in [3.8, 4) is 0 Å². The second-order valence-electron chi connectivity index (χ2n) is 2.38. The Kier molecular flexibility index (Phi) is 3.53. The number of aryl methyl sites for hydroxylation is 1. The first-order chi connectivity index (χ1) is 5.72. The molecule has 0 aliphatic carbocycles. The van der Waals surface area contributed by atoms with Crippen LogP contribution in [0.1, 0.15) is 12.5 Å². The van der Waals surface area contributed by atoms with Crippen LogP contribution in [0, 0.1) is 0 Å². The Balaban J connectivity index is 2.65. The number of benzene rings is 1. The van der Waals surface area contributed by atoms with Gasteiger partial charge in [0.1, 0.15) is 0 Å². The average Bonchev–Trinajstić information content (AvgIpc) is 2.05. The van der Waals surface area contributed by atoms with Gasteiger partial charge in [-0.15, -0.1) is 0 Å². The Morgan fingerprint density at radius 1 is 1.25 bits per heavy atom. The number of hydrogen-bond acceptors (Lipinski definition) is 1. The Hall–Kier alpha value is -0.570. The van der Waals surface area contributed by atoms with E-state index in [1.54, 1.807) is 12.1 Å². The zero-order chi connectivity index (χ0) is 8.97. The monoisotopic (exact) mass is 188 g/mol. The highest BCUT2D eigenvalue weighted by Gasteiger charge is 2.03. The van der Waals surface area contributed by atoms with Gasteiger partial charge in [-0.05, 0) is 24.1 Å². The normalized spacial score (nSPS) is 10.7. The lowest BCUT2D eigenvalue weighted by Crippen LogP contribution is -1.83. The van der Waals surface area contributed by atoms with Gasteiger partial charge in [0, 0.05) is 4.90 Å². The van der Waals surface area contributed by atoms with Gasteiger partial charge in [-0.3, -0.25) is 0 Å². The number of hydrogen-bond donors (Lipinski definition) is 0. The van der Waals surface area contributed by atoms with Gasteiger partial charge in [-0.1, -0.05) is 30.8 Å². The largest absolute Gasteiger partial charge is 0.288 e. The summed E-state index contributed by atoms with van der Waals surface area (Å²) in [5.41, 5.74) is 1.17. The van der Waals surface area contributed by atoms with E-state index in [0.717, 1.165) is 6.42 Å².